The van der Waals surface area contributed by atoms with Crippen LogP contribution in [-0.4, -0.2) is 5.11 Å². The highest BCUT2D eigenvalue weighted by Crippen LogP contribution is 2.29. The summed E-state index contributed by atoms with van der Waals surface area (Å²) in [7, 11) is 0. The minimum atomic E-state index is -1.43. The Morgan fingerprint density at radius 3 is 2.56 bits per heavy atom. The normalized spacial score (nSPS) is 12.7. The zero-order chi connectivity index (χ0) is 13.3. The van der Waals surface area contributed by atoms with Crippen LogP contribution in [0.25, 0.3) is 0 Å². The van der Waals surface area contributed by atoms with Crippen molar-refractivity contribution in [2.45, 2.75) is 26.4 Å². The van der Waals surface area contributed by atoms with Crippen molar-refractivity contribution in [3.8, 4) is 0 Å². The minimum Gasteiger partial charge on any atom is -0.463 e. The van der Waals surface area contributed by atoms with Gasteiger partial charge in [0.15, 0.2) is 0 Å². The molecule has 1 aromatic carbocycles. The van der Waals surface area contributed by atoms with Gasteiger partial charge in [-0.05, 0) is 30.7 Å². The quantitative estimate of drug-likeness (QED) is 0.906. The van der Waals surface area contributed by atoms with E-state index in [1.165, 1.54) is 19.1 Å². The van der Waals surface area contributed by atoms with Gasteiger partial charge in [0.25, 0.3) is 0 Å². The standard InChI is InChI=1S/C14H14F2O2/c1-3-9-5-7-11(18-9)14(17)12-10(15)6-4-8(2)13(12)16/h4-7,14,17H,3H2,1-2H3. The highest BCUT2D eigenvalue weighted by Gasteiger charge is 2.23. The van der Waals surface area contributed by atoms with E-state index in [1.54, 1.807) is 6.07 Å². The van der Waals surface area contributed by atoms with Gasteiger partial charge in [-0.3, -0.25) is 0 Å². The SMILES string of the molecule is CCc1ccc(C(O)c2c(F)ccc(C)c2F)o1. The first kappa shape index (κ1) is 12.8. The maximum absolute atomic E-state index is 13.8. The molecular weight excluding hydrogens is 238 g/mol. The lowest BCUT2D eigenvalue weighted by Crippen LogP contribution is -2.06. The van der Waals surface area contributed by atoms with E-state index in [4.69, 9.17) is 4.42 Å². The predicted octanol–water partition coefficient (Wildman–Crippen LogP) is 3.51. The molecule has 0 aliphatic carbocycles. The van der Waals surface area contributed by atoms with Crippen molar-refractivity contribution in [2.75, 3.05) is 0 Å². The molecule has 4 heteroatoms. The number of hydrogen-bond donors (Lipinski definition) is 1. The van der Waals surface area contributed by atoms with Gasteiger partial charge in [0.05, 0.1) is 5.56 Å². The van der Waals surface area contributed by atoms with E-state index in [9.17, 15) is 13.9 Å². The van der Waals surface area contributed by atoms with Crippen molar-refractivity contribution in [1.29, 1.82) is 0 Å². The van der Waals surface area contributed by atoms with Crippen LogP contribution in [0.4, 0.5) is 8.78 Å². The third kappa shape index (κ3) is 2.16. The zero-order valence-corrected chi connectivity index (χ0v) is 10.2. The largest absolute Gasteiger partial charge is 0.463 e. The van der Waals surface area contributed by atoms with E-state index in [0.29, 0.717) is 12.2 Å². The van der Waals surface area contributed by atoms with Crippen molar-refractivity contribution in [2.24, 2.45) is 0 Å². The van der Waals surface area contributed by atoms with Crippen LogP contribution in [0.1, 0.15) is 35.7 Å². The third-order valence-corrected chi connectivity index (χ3v) is 2.89. The summed E-state index contributed by atoms with van der Waals surface area (Å²) in [5, 5.41) is 10.0. The Balaban J connectivity index is 2.45. The number of aliphatic hydroxyl groups excluding tert-OH is 1. The van der Waals surface area contributed by atoms with Crippen LogP contribution >= 0.6 is 0 Å². The third-order valence-electron chi connectivity index (χ3n) is 2.89. The van der Waals surface area contributed by atoms with Crippen LogP contribution in [0.2, 0.25) is 0 Å². The first-order valence-electron chi connectivity index (χ1n) is 5.75. The van der Waals surface area contributed by atoms with Crippen molar-refractivity contribution >= 4 is 0 Å². The van der Waals surface area contributed by atoms with Gasteiger partial charge >= 0.3 is 0 Å². The molecule has 0 aliphatic heterocycles. The second kappa shape index (κ2) is 4.90. The van der Waals surface area contributed by atoms with Crippen molar-refractivity contribution < 1.29 is 18.3 Å². The summed E-state index contributed by atoms with van der Waals surface area (Å²) < 4.78 is 32.8. The Hall–Kier alpha value is -1.68. The van der Waals surface area contributed by atoms with Crippen molar-refractivity contribution in [3.63, 3.8) is 0 Å². The van der Waals surface area contributed by atoms with Crippen LogP contribution in [-0.2, 0) is 6.42 Å². The number of halogens is 2. The van der Waals surface area contributed by atoms with Crippen molar-refractivity contribution in [3.05, 3.63) is 58.5 Å². The lowest BCUT2D eigenvalue weighted by Gasteiger charge is -2.12. The number of benzene rings is 1. The summed E-state index contributed by atoms with van der Waals surface area (Å²) in [5.41, 5.74) is -0.0836. The second-order valence-electron chi connectivity index (χ2n) is 4.15. The Labute approximate surface area is 104 Å². The van der Waals surface area contributed by atoms with E-state index in [0.717, 1.165) is 6.07 Å². The lowest BCUT2D eigenvalue weighted by molar-refractivity contribution is 0.177. The fourth-order valence-electron chi connectivity index (χ4n) is 1.80. The van der Waals surface area contributed by atoms with Crippen molar-refractivity contribution in [1.82, 2.24) is 0 Å². The molecule has 0 fully saturated rings. The number of aryl methyl sites for hydroxylation is 2. The first-order valence-corrected chi connectivity index (χ1v) is 5.75. The number of hydrogen-bond acceptors (Lipinski definition) is 2. The predicted molar refractivity (Wildman–Crippen MR) is 63.2 cm³/mol. The van der Waals surface area contributed by atoms with Gasteiger partial charge in [-0.2, -0.15) is 0 Å². The van der Waals surface area contributed by atoms with E-state index < -0.39 is 17.7 Å². The van der Waals surface area contributed by atoms with E-state index in [1.807, 2.05) is 6.92 Å². The zero-order valence-electron chi connectivity index (χ0n) is 10.2. The molecular formula is C14H14F2O2. The monoisotopic (exact) mass is 252 g/mol. The van der Waals surface area contributed by atoms with Crippen LogP contribution in [0.15, 0.2) is 28.7 Å². The number of aliphatic hydroxyl groups is 1. The molecule has 2 rings (SSSR count). The fraction of sp³-hybridized carbons (Fsp3) is 0.286. The van der Waals surface area contributed by atoms with Gasteiger partial charge in [-0.1, -0.05) is 13.0 Å². The summed E-state index contributed by atoms with van der Waals surface area (Å²) in [5.74, 6) is -0.704. The molecule has 1 atom stereocenters. The molecule has 0 spiro atoms. The topological polar surface area (TPSA) is 33.4 Å². The maximum Gasteiger partial charge on any atom is 0.142 e. The Kier molecular flexibility index (Phi) is 3.48. The van der Waals surface area contributed by atoms with Crippen LogP contribution in [0, 0.1) is 18.6 Å². The maximum atomic E-state index is 13.8. The molecule has 1 aromatic heterocycles. The molecule has 1 N–H and O–H groups in total. The summed E-state index contributed by atoms with van der Waals surface area (Å²) >= 11 is 0. The van der Waals surface area contributed by atoms with Gasteiger partial charge < -0.3 is 9.52 Å². The molecule has 0 saturated heterocycles. The fourth-order valence-corrected chi connectivity index (χ4v) is 1.80. The van der Waals surface area contributed by atoms with Crippen LogP contribution in [0.5, 0.6) is 0 Å². The lowest BCUT2D eigenvalue weighted by atomic mass is 10.0. The highest BCUT2D eigenvalue weighted by atomic mass is 19.1. The molecule has 0 bridgehead atoms. The molecule has 0 amide bonds. The Morgan fingerprint density at radius 2 is 1.94 bits per heavy atom. The molecule has 2 aromatic rings. The second-order valence-corrected chi connectivity index (χ2v) is 4.15. The minimum absolute atomic E-state index is 0.148. The number of furan rings is 1. The summed E-state index contributed by atoms with van der Waals surface area (Å²) in [6.45, 7) is 3.41. The molecule has 18 heavy (non-hydrogen) atoms. The van der Waals surface area contributed by atoms with Gasteiger partial charge in [-0.25, -0.2) is 8.78 Å². The average Bonchev–Trinajstić information content (AvgIpc) is 2.83. The van der Waals surface area contributed by atoms with Gasteiger partial charge in [0.1, 0.15) is 29.3 Å². The summed E-state index contributed by atoms with van der Waals surface area (Å²) in [6.07, 6.45) is -0.768. The molecule has 1 unspecified atom stereocenters. The smallest absolute Gasteiger partial charge is 0.142 e. The van der Waals surface area contributed by atoms with E-state index >= 15 is 0 Å². The Morgan fingerprint density at radius 1 is 1.22 bits per heavy atom. The average molecular weight is 252 g/mol. The Bertz CT molecular complexity index is 561. The molecule has 0 radical (unpaired) electrons. The van der Waals surface area contributed by atoms with Crippen LogP contribution < -0.4 is 0 Å². The molecule has 0 saturated carbocycles. The first-order chi connectivity index (χ1) is 8.54. The van der Waals surface area contributed by atoms with E-state index in [2.05, 4.69) is 0 Å². The summed E-state index contributed by atoms with van der Waals surface area (Å²) in [4.78, 5) is 0. The van der Waals surface area contributed by atoms with Gasteiger partial charge in [0, 0.05) is 6.42 Å². The van der Waals surface area contributed by atoms with E-state index in [-0.39, 0.29) is 16.9 Å². The van der Waals surface area contributed by atoms with Gasteiger partial charge in [0.2, 0.25) is 0 Å². The molecule has 1 heterocycles. The number of rotatable bonds is 3. The molecule has 2 nitrogen and oxygen atoms in total. The highest BCUT2D eigenvalue weighted by molar-refractivity contribution is 5.32. The van der Waals surface area contributed by atoms with Gasteiger partial charge in [-0.15, -0.1) is 0 Å². The molecule has 96 valence electrons. The summed E-state index contributed by atoms with van der Waals surface area (Å²) in [6, 6.07) is 5.69. The molecule has 0 aliphatic rings. The van der Waals surface area contributed by atoms with Crippen LogP contribution in [0.3, 0.4) is 0 Å².